The van der Waals surface area contributed by atoms with E-state index in [4.69, 9.17) is 0 Å². The Bertz CT molecular complexity index is 423. The van der Waals surface area contributed by atoms with Crippen LogP contribution in [0.25, 0.3) is 0 Å². The second-order valence-electron chi connectivity index (χ2n) is 3.99. The molecule has 0 saturated carbocycles. The third kappa shape index (κ3) is 2.41. The summed E-state index contributed by atoms with van der Waals surface area (Å²) in [5, 5.41) is 0.164. The molecule has 0 N–H and O–H groups in total. The van der Waals surface area contributed by atoms with E-state index in [0.717, 1.165) is 25.7 Å². The first kappa shape index (κ1) is 11.5. The fourth-order valence-electron chi connectivity index (χ4n) is 1.91. The molecule has 0 bridgehead atoms. The molecule has 0 spiro atoms. The van der Waals surface area contributed by atoms with Gasteiger partial charge in [0.25, 0.3) is 10.0 Å². The molecule has 2 rings (SSSR count). The highest BCUT2D eigenvalue weighted by Crippen LogP contribution is 2.18. The predicted octanol–water partition coefficient (Wildman–Crippen LogP) is 1.65. The van der Waals surface area contributed by atoms with Crippen LogP contribution in [-0.4, -0.2) is 30.8 Å². The van der Waals surface area contributed by atoms with Crippen LogP contribution in [0.5, 0.6) is 0 Å². The smallest absolute Gasteiger partial charge is 0.243 e. The molecule has 0 radical (unpaired) electrons. The van der Waals surface area contributed by atoms with E-state index in [9.17, 15) is 8.42 Å². The van der Waals surface area contributed by atoms with E-state index in [-0.39, 0.29) is 5.03 Å². The average Bonchev–Trinajstić information content (AvgIpc) is 2.59. The van der Waals surface area contributed by atoms with Gasteiger partial charge in [0.05, 0.1) is 0 Å². The Kier molecular flexibility index (Phi) is 3.56. The Hall–Kier alpha value is -0.940. The number of hydrogen-bond acceptors (Lipinski definition) is 3. The number of pyridine rings is 1. The van der Waals surface area contributed by atoms with Gasteiger partial charge in [0.15, 0.2) is 5.03 Å². The lowest BCUT2D eigenvalue weighted by molar-refractivity contribution is 0.421. The van der Waals surface area contributed by atoms with E-state index in [2.05, 4.69) is 4.98 Å². The van der Waals surface area contributed by atoms with Gasteiger partial charge in [-0.1, -0.05) is 18.9 Å². The minimum Gasteiger partial charge on any atom is -0.243 e. The van der Waals surface area contributed by atoms with Crippen LogP contribution < -0.4 is 0 Å². The van der Waals surface area contributed by atoms with Crippen molar-refractivity contribution in [3.05, 3.63) is 24.4 Å². The van der Waals surface area contributed by atoms with E-state index in [1.807, 2.05) is 0 Å². The van der Waals surface area contributed by atoms with Crippen molar-refractivity contribution in [1.29, 1.82) is 0 Å². The summed E-state index contributed by atoms with van der Waals surface area (Å²) in [5.41, 5.74) is 0. The third-order valence-electron chi connectivity index (χ3n) is 2.81. The van der Waals surface area contributed by atoms with E-state index in [0.29, 0.717) is 13.1 Å². The maximum Gasteiger partial charge on any atom is 0.260 e. The average molecular weight is 240 g/mol. The Morgan fingerprint density at radius 2 is 1.75 bits per heavy atom. The fraction of sp³-hybridized carbons (Fsp3) is 0.545. The predicted molar refractivity (Wildman–Crippen MR) is 61.5 cm³/mol. The molecule has 1 aromatic rings. The number of rotatable bonds is 2. The van der Waals surface area contributed by atoms with Crippen molar-refractivity contribution >= 4 is 10.0 Å². The third-order valence-corrected chi connectivity index (χ3v) is 4.62. The second kappa shape index (κ2) is 4.93. The molecule has 0 aromatic carbocycles. The molecule has 16 heavy (non-hydrogen) atoms. The molecule has 4 nitrogen and oxygen atoms in total. The molecular formula is C11H16N2O2S. The molecule has 1 saturated heterocycles. The first-order chi connectivity index (χ1) is 7.71. The molecule has 1 fully saturated rings. The maximum absolute atomic E-state index is 12.2. The van der Waals surface area contributed by atoms with E-state index in [1.165, 1.54) is 6.20 Å². The fourth-order valence-corrected chi connectivity index (χ4v) is 3.36. The van der Waals surface area contributed by atoms with Crippen molar-refractivity contribution in [3.63, 3.8) is 0 Å². The van der Waals surface area contributed by atoms with Crippen molar-refractivity contribution in [1.82, 2.24) is 9.29 Å². The highest BCUT2D eigenvalue weighted by Gasteiger charge is 2.25. The molecule has 88 valence electrons. The van der Waals surface area contributed by atoms with Crippen LogP contribution in [0, 0.1) is 0 Å². The summed E-state index contributed by atoms with van der Waals surface area (Å²) in [6.45, 7) is 1.25. The Balaban J connectivity index is 2.24. The van der Waals surface area contributed by atoms with Crippen LogP contribution >= 0.6 is 0 Å². The molecule has 0 aliphatic carbocycles. The quantitative estimate of drug-likeness (QED) is 0.789. The molecule has 1 aliphatic rings. The largest absolute Gasteiger partial charge is 0.260 e. The summed E-state index contributed by atoms with van der Waals surface area (Å²) in [5.74, 6) is 0. The van der Waals surface area contributed by atoms with Gasteiger partial charge in [0.1, 0.15) is 0 Å². The molecule has 5 heteroatoms. The minimum absolute atomic E-state index is 0.164. The van der Waals surface area contributed by atoms with Crippen LogP contribution in [0.1, 0.15) is 25.7 Å². The zero-order chi connectivity index (χ0) is 11.4. The van der Waals surface area contributed by atoms with Gasteiger partial charge in [-0.05, 0) is 25.0 Å². The molecule has 1 aromatic heterocycles. The normalized spacial score (nSPS) is 19.2. The maximum atomic E-state index is 12.2. The van der Waals surface area contributed by atoms with Crippen molar-refractivity contribution in [2.45, 2.75) is 30.7 Å². The highest BCUT2D eigenvalue weighted by molar-refractivity contribution is 7.89. The molecule has 0 atom stereocenters. The summed E-state index contributed by atoms with van der Waals surface area (Å²) in [6.07, 6.45) is 5.66. The zero-order valence-corrected chi connectivity index (χ0v) is 9.99. The van der Waals surface area contributed by atoms with Crippen LogP contribution in [-0.2, 0) is 10.0 Å². The van der Waals surface area contributed by atoms with Gasteiger partial charge >= 0.3 is 0 Å². The summed E-state index contributed by atoms with van der Waals surface area (Å²) in [6, 6.07) is 4.99. The molecule has 0 amide bonds. The SMILES string of the molecule is O=S(=O)(c1ccccn1)N1CCCCCC1. The van der Waals surface area contributed by atoms with Gasteiger partial charge in [-0.2, -0.15) is 4.31 Å². The van der Waals surface area contributed by atoms with Gasteiger partial charge < -0.3 is 0 Å². The Morgan fingerprint density at radius 3 is 2.31 bits per heavy atom. The molecular weight excluding hydrogens is 224 g/mol. The van der Waals surface area contributed by atoms with Crippen LogP contribution in [0.2, 0.25) is 0 Å². The van der Waals surface area contributed by atoms with Crippen LogP contribution in [0.3, 0.4) is 0 Å². The summed E-state index contributed by atoms with van der Waals surface area (Å²) in [4.78, 5) is 3.93. The molecule has 2 heterocycles. The van der Waals surface area contributed by atoms with E-state index < -0.39 is 10.0 Å². The van der Waals surface area contributed by atoms with E-state index >= 15 is 0 Å². The van der Waals surface area contributed by atoms with Crippen molar-refractivity contribution < 1.29 is 8.42 Å². The van der Waals surface area contributed by atoms with Crippen molar-refractivity contribution in [2.24, 2.45) is 0 Å². The summed E-state index contributed by atoms with van der Waals surface area (Å²) < 4.78 is 26.0. The van der Waals surface area contributed by atoms with Gasteiger partial charge in [-0.25, -0.2) is 13.4 Å². The topological polar surface area (TPSA) is 50.3 Å². The lowest BCUT2D eigenvalue weighted by Gasteiger charge is -2.18. The van der Waals surface area contributed by atoms with Crippen LogP contribution in [0.4, 0.5) is 0 Å². The molecule has 0 unspecified atom stereocenters. The van der Waals surface area contributed by atoms with Gasteiger partial charge in [0.2, 0.25) is 0 Å². The molecule has 1 aliphatic heterocycles. The highest BCUT2D eigenvalue weighted by atomic mass is 32.2. The lowest BCUT2D eigenvalue weighted by Crippen LogP contribution is -2.32. The number of aromatic nitrogens is 1. The monoisotopic (exact) mass is 240 g/mol. The summed E-state index contributed by atoms with van der Waals surface area (Å²) >= 11 is 0. The van der Waals surface area contributed by atoms with Gasteiger partial charge in [-0.3, -0.25) is 0 Å². The van der Waals surface area contributed by atoms with Crippen molar-refractivity contribution in [2.75, 3.05) is 13.1 Å². The van der Waals surface area contributed by atoms with Gasteiger partial charge in [-0.15, -0.1) is 0 Å². The number of sulfonamides is 1. The zero-order valence-electron chi connectivity index (χ0n) is 9.17. The standard InChI is InChI=1S/C11H16N2O2S/c14-16(15,11-7-3-4-8-12-11)13-9-5-1-2-6-10-13/h3-4,7-8H,1-2,5-6,9-10H2. The van der Waals surface area contributed by atoms with Crippen LogP contribution in [0.15, 0.2) is 29.4 Å². The van der Waals surface area contributed by atoms with Gasteiger partial charge in [0, 0.05) is 19.3 Å². The van der Waals surface area contributed by atoms with E-state index in [1.54, 1.807) is 22.5 Å². The number of hydrogen-bond donors (Lipinski definition) is 0. The van der Waals surface area contributed by atoms with Crippen molar-refractivity contribution in [3.8, 4) is 0 Å². The Morgan fingerprint density at radius 1 is 1.06 bits per heavy atom. The second-order valence-corrected chi connectivity index (χ2v) is 5.87. The Labute approximate surface area is 96.4 Å². The first-order valence-corrected chi connectivity index (χ1v) is 7.06. The first-order valence-electron chi connectivity index (χ1n) is 5.62. The number of nitrogens with zero attached hydrogens (tertiary/aromatic N) is 2. The summed E-state index contributed by atoms with van der Waals surface area (Å²) in [7, 11) is -3.36. The lowest BCUT2D eigenvalue weighted by atomic mass is 10.2. The minimum atomic E-state index is -3.36.